The van der Waals surface area contributed by atoms with E-state index in [1.807, 2.05) is 0 Å². The van der Waals surface area contributed by atoms with Crippen molar-refractivity contribution in [3.05, 3.63) is 75.5 Å². The summed E-state index contributed by atoms with van der Waals surface area (Å²) in [4.78, 5) is 35.1. The van der Waals surface area contributed by atoms with E-state index in [1.165, 1.54) is 31.4 Å². The number of methoxy groups -OCH3 is 1. The van der Waals surface area contributed by atoms with E-state index in [9.17, 15) is 19.7 Å². The third kappa shape index (κ3) is 3.93. The van der Waals surface area contributed by atoms with Crippen LogP contribution in [0.5, 0.6) is 5.75 Å². The van der Waals surface area contributed by atoms with Gasteiger partial charge in [0.1, 0.15) is 5.75 Å². The van der Waals surface area contributed by atoms with E-state index in [2.05, 4.69) is 16.0 Å². The molecule has 3 rings (SSSR count). The van der Waals surface area contributed by atoms with Gasteiger partial charge in [-0.2, -0.15) is 0 Å². The molecule has 0 unspecified atom stereocenters. The van der Waals surface area contributed by atoms with E-state index in [1.54, 1.807) is 31.2 Å². The normalized spacial score (nSPS) is 16.1. The maximum absolute atomic E-state index is 12.9. The second-order valence-electron chi connectivity index (χ2n) is 6.10. The van der Waals surface area contributed by atoms with Gasteiger partial charge in [-0.15, -0.1) is 0 Å². The number of allylic oxidation sites excluding steroid dienone is 1. The summed E-state index contributed by atoms with van der Waals surface area (Å²) in [5.41, 5.74) is 1.75. The number of nitrogens with zero attached hydrogens (tertiary/aromatic N) is 1. The number of hydrogen-bond donors (Lipinski definition) is 3. The van der Waals surface area contributed by atoms with E-state index < -0.39 is 22.9 Å². The van der Waals surface area contributed by atoms with Gasteiger partial charge in [0.25, 0.3) is 11.6 Å². The summed E-state index contributed by atoms with van der Waals surface area (Å²) >= 11 is 0. The van der Waals surface area contributed by atoms with Crippen LogP contribution in [0.3, 0.4) is 0 Å². The minimum absolute atomic E-state index is 0.0748. The second kappa shape index (κ2) is 7.78. The Morgan fingerprint density at radius 2 is 1.93 bits per heavy atom. The lowest BCUT2D eigenvalue weighted by Gasteiger charge is -2.28. The van der Waals surface area contributed by atoms with Crippen molar-refractivity contribution in [1.82, 2.24) is 10.6 Å². The average Bonchev–Trinajstić information content (AvgIpc) is 2.67. The lowest BCUT2D eigenvalue weighted by atomic mass is 9.94. The molecule has 0 saturated heterocycles. The van der Waals surface area contributed by atoms with E-state index in [-0.39, 0.29) is 5.69 Å². The third-order valence-electron chi connectivity index (χ3n) is 4.28. The van der Waals surface area contributed by atoms with Crippen LogP contribution >= 0.6 is 0 Å². The van der Waals surface area contributed by atoms with Gasteiger partial charge in [-0.1, -0.05) is 12.1 Å². The molecule has 1 aliphatic rings. The number of non-ortho nitro benzene ring substituents is 1. The Bertz CT molecular complexity index is 969. The van der Waals surface area contributed by atoms with Crippen molar-refractivity contribution in [2.75, 3.05) is 12.4 Å². The molecule has 0 spiro atoms. The Kier molecular flexibility index (Phi) is 5.25. The number of benzene rings is 2. The molecule has 3 N–H and O–H groups in total. The molecule has 1 atom stereocenters. The minimum Gasteiger partial charge on any atom is -0.497 e. The first-order valence-electron chi connectivity index (χ1n) is 8.37. The van der Waals surface area contributed by atoms with E-state index in [0.29, 0.717) is 28.3 Å². The predicted octanol–water partition coefficient (Wildman–Crippen LogP) is 2.87. The van der Waals surface area contributed by atoms with Crippen LogP contribution in [0.4, 0.5) is 16.2 Å². The summed E-state index contributed by atoms with van der Waals surface area (Å²) < 4.78 is 5.22. The molecule has 0 fully saturated rings. The SMILES string of the molecule is COc1cccc([C@H]2NC(=O)NC(C)=C2C(=O)Nc2ccc([N+](=O)[O-])cc2)c1. The van der Waals surface area contributed by atoms with Gasteiger partial charge < -0.3 is 20.7 Å². The van der Waals surface area contributed by atoms with E-state index >= 15 is 0 Å². The molecule has 0 aromatic heterocycles. The number of hydrogen-bond acceptors (Lipinski definition) is 5. The fourth-order valence-corrected chi connectivity index (χ4v) is 2.93. The van der Waals surface area contributed by atoms with Crippen molar-refractivity contribution >= 4 is 23.3 Å². The highest BCUT2D eigenvalue weighted by molar-refractivity contribution is 6.06. The van der Waals surface area contributed by atoms with E-state index in [0.717, 1.165) is 0 Å². The van der Waals surface area contributed by atoms with Gasteiger partial charge in [0.05, 0.1) is 23.6 Å². The molecule has 1 aliphatic heterocycles. The molecular weight excluding hydrogens is 364 g/mol. The van der Waals surface area contributed by atoms with Crippen molar-refractivity contribution in [2.24, 2.45) is 0 Å². The summed E-state index contributed by atoms with van der Waals surface area (Å²) in [5, 5.41) is 18.8. The molecule has 2 aromatic rings. The summed E-state index contributed by atoms with van der Waals surface area (Å²) in [7, 11) is 1.53. The standard InChI is InChI=1S/C19H18N4O5/c1-11-16(18(24)21-13-6-8-14(9-7-13)23(26)27)17(22-19(25)20-11)12-4-3-5-15(10-12)28-2/h3-10,17H,1-2H3,(H,21,24)(H2,20,22,25)/t17-/m1/s1. The summed E-state index contributed by atoms with van der Waals surface area (Å²) in [6.07, 6.45) is 0. The van der Waals surface area contributed by atoms with Crippen LogP contribution in [0, 0.1) is 10.1 Å². The molecule has 1 heterocycles. The Morgan fingerprint density at radius 1 is 1.21 bits per heavy atom. The van der Waals surface area contributed by atoms with Crippen molar-refractivity contribution in [3.8, 4) is 5.75 Å². The third-order valence-corrected chi connectivity index (χ3v) is 4.28. The van der Waals surface area contributed by atoms with Crippen molar-refractivity contribution in [1.29, 1.82) is 0 Å². The Morgan fingerprint density at radius 3 is 2.57 bits per heavy atom. The number of amides is 3. The highest BCUT2D eigenvalue weighted by Crippen LogP contribution is 2.30. The molecule has 9 heteroatoms. The molecule has 0 radical (unpaired) electrons. The van der Waals surface area contributed by atoms with Gasteiger partial charge in [0, 0.05) is 23.5 Å². The van der Waals surface area contributed by atoms with Crippen LogP contribution in [-0.2, 0) is 4.79 Å². The minimum atomic E-state index is -0.679. The van der Waals surface area contributed by atoms with Crippen LogP contribution < -0.4 is 20.7 Å². The van der Waals surface area contributed by atoms with Crippen molar-refractivity contribution in [2.45, 2.75) is 13.0 Å². The number of ether oxygens (including phenoxy) is 1. The summed E-state index contributed by atoms with van der Waals surface area (Å²) in [5.74, 6) is 0.157. The second-order valence-corrected chi connectivity index (χ2v) is 6.10. The predicted molar refractivity (Wildman–Crippen MR) is 102 cm³/mol. The highest BCUT2D eigenvalue weighted by Gasteiger charge is 2.31. The Labute approximate surface area is 160 Å². The van der Waals surface area contributed by atoms with Crippen molar-refractivity contribution < 1.29 is 19.2 Å². The largest absolute Gasteiger partial charge is 0.497 e. The van der Waals surface area contributed by atoms with Crippen LogP contribution in [-0.4, -0.2) is 24.0 Å². The zero-order valence-electron chi connectivity index (χ0n) is 15.2. The maximum atomic E-state index is 12.9. The first-order valence-corrected chi connectivity index (χ1v) is 8.37. The maximum Gasteiger partial charge on any atom is 0.319 e. The van der Waals surface area contributed by atoms with Gasteiger partial charge in [0.15, 0.2) is 0 Å². The molecule has 2 aromatic carbocycles. The summed E-state index contributed by atoms with van der Waals surface area (Å²) in [6.45, 7) is 1.64. The van der Waals surface area contributed by atoms with Crippen LogP contribution in [0.1, 0.15) is 18.5 Å². The fourth-order valence-electron chi connectivity index (χ4n) is 2.93. The van der Waals surface area contributed by atoms with E-state index in [4.69, 9.17) is 4.74 Å². The molecular formula is C19H18N4O5. The highest BCUT2D eigenvalue weighted by atomic mass is 16.6. The van der Waals surface area contributed by atoms with Gasteiger partial charge in [-0.25, -0.2) is 4.79 Å². The number of nitro benzene ring substituents is 1. The number of rotatable bonds is 5. The zero-order valence-corrected chi connectivity index (χ0v) is 15.2. The lowest BCUT2D eigenvalue weighted by Crippen LogP contribution is -2.45. The topological polar surface area (TPSA) is 123 Å². The first-order chi connectivity index (χ1) is 13.4. The quantitative estimate of drug-likeness (QED) is 0.542. The van der Waals surface area contributed by atoms with Gasteiger partial charge in [-0.3, -0.25) is 14.9 Å². The lowest BCUT2D eigenvalue weighted by molar-refractivity contribution is -0.384. The Balaban J connectivity index is 1.91. The fraction of sp³-hybridized carbons (Fsp3) is 0.158. The number of carbonyl (C=O) groups is 2. The molecule has 0 aliphatic carbocycles. The number of carbonyl (C=O) groups excluding carboxylic acids is 2. The first kappa shape index (κ1) is 18.9. The number of anilines is 1. The van der Waals surface area contributed by atoms with Gasteiger partial charge >= 0.3 is 6.03 Å². The van der Waals surface area contributed by atoms with Crippen LogP contribution in [0.2, 0.25) is 0 Å². The number of nitro groups is 1. The van der Waals surface area contributed by atoms with Crippen LogP contribution in [0.25, 0.3) is 0 Å². The van der Waals surface area contributed by atoms with Gasteiger partial charge in [-0.05, 0) is 36.8 Å². The molecule has 9 nitrogen and oxygen atoms in total. The monoisotopic (exact) mass is 382 g/mol. The molecule has 3 amide bonds. The average molecular weight is 382 g/mol. The molecule has 28 heavy (non-hydrogen) atoms. The summed E-state index contributed by atoms with van der Waals surface area (Å²) in [6, 6.07) is 11.5. The Hall–Kier alpha value is -3.88. The smallest absolute Gasteiger partial charge is 0.319 e. The molecule has 0 bridgehead atoms. The number of nitrogens with one attached hydrogen (secondary N) is 3. The van der Waals surface area contributed by atoms with Crippen LogP contribution in [0.15, 0.2) is 59.8 Å². The van der Waals surface area contributed by atoms with Crippen molar-refractivity contribution in [3.63, 3.8) is 0 Å². The molecule has 0 saturated carbocycles. The molecule has 144 valence electrons. The number of urea groups is 1. The zero-order chi connectivity index (χ0) is 20.3. The van der Waals surface area contributed by atoms with Gasteiger partial charge in [0.2, 0.25) is 0 Å².